The molecule has 7 heteroatoms. The molecule has 6 nitrogen and oxygen atoms in total. The predicted molar refractivity (Wildman–Crippen MR) is 150 cm³/mol. The van der Waals surface area contributed by atoms with Crippen molar-refractivity contribution in [3.05, 3.63) is 78.9 Å². The number of nitrogens with zero attached hydrogens (tertiary/aromatic N) is 3. The molecule has 4 aromatic rings. The summed E-state index contributed by atoms with van der Waals surface area (Å²) in [6, 6.07) is 26.7. The van der Waals surface area contributed by atoms with Crippen LogP contribution in [0.5, 0.6) is 5.75 Å². The number of anilines is 1. The number of aromatic nitrogens is 3. The Balaban J connectivity index is 1.35. The zero-order valence-electron chi connectivity index (χ0n) is 21.1. The second kappa shape index (κ2) is 12.1. The van der Waals surface area contributed by atoms with Crippen molar-refractivity contribution in [2.45, 2.75) is 50.2 Å². The van der Waals surface area contributed by atoms with Gasteiger partial charge in [0.1, 0.15) is 5.75 Å². The Morgan fingerprint density at radius 1 is 0.892 bits per heavy atom. The Labute approximate surface area is 222 Å². The number of para-hydroxylation sites is 2. The molecule has 1 saturated carbocycles. The summed E-state index contributed by atoms with van der Waals surface area (Å²) < 4.78 is 7.91. The van der Waals surface area contributed by atoms with E-state index in [9.17, 15) is 4.79 Å². The number of ether oxygens (including phenoxy) is 1. The monoisotopic (exact) mass is 512 g/mol. The number of nitrogens with one attached hydrogen (secondary N) is 1. The molecule has 1 aliphatic rings. The Morgan fingerprint density at radius 3 is 2.32 bits per heavy atom. The van der Waals surface area contributed by atoms with E-state index in [0.717, 1.165) is 29.4 Å². The molecule has 1 N–H and O–H groups in total. The van der Waals surface area contributed by atoms with Crippen molar-refractivity contribution in [2.75, 3.05) is 17.7 Å². The summed E-state index contributed by atoms with van der Waals surface area (Å²) in [4.78, 5) is 12.8. The molecule has 1 aromatic heterocycles. The fourth-order valence-electron chi connectivity index (χ4n) is 4.85. The van der Waals surface area contributed by atoms with Gasteiger partial charge >= 0.3 is 0 Å². The first-order chi connectivity index (χ1) is 18.2. The molecule has 0 saturated heterocycles. The molecule has 5 rings (SSSR count). The highest BCUT2D eigenvalue weighted by Gasteiger charge is 2.24. The van der Waals surface area contributed by atoms with Crippen molar-refractivity contribution in [3.8, 4) is 28.3 Å². The van der Waals surface area contributed by atoms with Gasteiger partial charge in [-0.25, -0.2) is 0 Å². The molecular formula is C30H32N4O2S. The Hall–Kier alpha value is -3.58. The van der Waals surface area contributed by atoms with Gasteiger partial charge in [-0.05, 0) is 43.0 Å². The van der Waals surface area contributed by atoms with E-state index in [4.69, 9.17) is 4.74 Å². The van der Waals surface area contributed by atoms with Gasteiger partial charge < -0.3 is 10.1 Å². The van der Waals surface area contributed by atoms with E-state index in [1.807, 2.05) is 37.3 Å². The van der Waals surface area contributed by atoms with Gasteiger partial charge in [-0.1, -0.05) is 97.8 Å². The number of carbonyl (C=O) groups is 1. The molecule has 0 unspecified atom stereocenters. The van der Waals surface area contributed by atoms with E-state index in [-0.39, 0.29) is 11.7 Å². The number of amides is 1. The van der Waals surface area contributed by atoms with Crippen LogP contribution >= 0.6 is 11.8 Å². The van der Waals surface area contributed by atoms with Crippen molar-refractivity contribution < 1.29 is 9.53 Å². The average molecular weight is 513 g/mol. The number of benzene rings is 3. The Kier molecular flexibility index (Phi) is 8.21. The van der Waals surface area contributed by atoms with Gasteiger partial charge in [0.2, 0.25) is 5.91 Å². The van der Waals surface area contributed by atoms with Crippen LogP contribution < -0.4 is 10.1 Å². The maximum absolute atomic E-state index is 12.8. The molecule has 1 heterocycles. The average Bonchev–Trinajstić information content (AvgIpc) is 3.38. The van der Waals surface area contributed by atoms with Crippen LogP contribution in [0.15, 0.2) is 84.0 Å². The smallest absolute Gasteiger partial charge is 0.234 e. The largest absolute Gasteiger partial charge is 0.492 e. The number of hydrogen-bond donors (Lipinski definition) is 1. The summed E-state index contributed by atoms with van der Waals surface area (Å²) in [7, 11) is 0. The third-order valence-electron chi connectivity index (χ3n) is 6.65. The van der Waals surface area contributed by atoms with Gasteiger partial charge in [0.25, 0.3) is 0 Å². The number of rotatable bonds is 9. The van der Waals surface area contributed by atoms with E-state index in [1.54, 1.807) is 0 Å². The van der Waals surface area contributed by atoms with Crippen LogP contribution in [0.1, 0.15) is 45.1 Å². The fraction of sp³-hybridized carbons (Fsp3) is 0.300. The second-order valence-corrected chi connectivity index (χ2v) is 10.1. The van der Waals surface area contributed by atoms with Gasteiger partial charge in [-0.15, -0.1) is 10.2 Å². The number of carbonyl (C=O) groups excluding carboxylic acids is 1. The maximum Gasteiger partial charge on any atom is 0.234 e. The maximum atomic E-state index is 12.8. The van der Waals surface area contributed by atoms with Crippen LogP contribution in [0.4, 0.5) is 5.69 Å². The lowest BCUT2D eigenvalue weighted by Gasteiger charge is -2.25. The first-order valence-electron chi connectivity index (χ1n) is 13.0. The standard InChI is InChI=1S/C30H32N4O2S/c1-2-36-27-16-10-9-15-26(27)31-28(35)21-37-30-33-32-29(34(30)25-13-7-4-8-14-25)24-19-17-23(18-20-24)22-11-5-3-6-12-22/h3,5-6,9-12,15-20,25H,2,4,7-8,13-14,21H2,1H3,(H,31,35). The SMILES string of the molecule is CCOc1ccccc1NC(=O)CSc1nnc(-c2ccc(-c3ccccc3)cc2)n1C1CCCCC1. The van der Waals surface area contributed by atoms with Crippen LogP contribution in [0.3, 0.4) is 0 Å². The molecule has 3 aromatic carbocycles. The molecule has 37 heavy (non-hydrogen) atoms. The van der Waals surface area contributed by atoms with Gasteiger partial charge in [0.05, 0.1) is 18.0 Å². The summed E-state index contributed by atoms with van der Waals surface area (Å²) in [5, 5.41) is 12.9. The number of hydrogen-bond acceptors (Lipinski definition) is 5. The minimum Gasteiger partial charge on any atom is -0.492 e. The Morgan fingerprint density at radius 2 is 1.57 bits per heavy atom. The highest BCUT2D eigenvalue weighted by molar-refractivity contribution is 7.99. The molecule has 1 aliphatic carbocycles. The molecular weight excluding hydrogens is 480 g/mol. The van der Waals surface area contributed by atoms with Gasteiger partial charge in [-0.3, -0.25) is 9.36 Å². The van der Waals surface area contributed by atoms with Gasteiger partial charge in [0.15, 0.2) is 11.0 Å². The first kappa shape index (κ1) is 25.1. The van der Waals surface area contributed by atoms with Crippen LogP contribution in [0, 0.1) is 0 Å². The van der Waals surface area contributed by atoms with Crippen molar-refractivity contribution in [2.24, 2.45) is 0 Å². The molecule has 0 aliphatic heterocycles. The van der Waals surface area contributed by atoms with Crippen molar-refractivity contribution in [1.29, 1.82) is 0 Å². The van der Waals surface area contributed by atoms with Crippen molar-refractivity contribution >= 4 is 23.4 Å². The molecule has 0 radical (unpaired) electrons. The van der Waals surface area contributed by atoms with E-state index < -0.39 is 0 Å². The highest BCUT2D eigenvalue weighted by Crippen LogP contribution is 2.36. The summed E-state index contributed by atoms with van der Waals surface area (Å²) in [6.07, 6.45) is 5.88. The molecule has 1 fully saturated rings. The topological polar surface area (TPSA) is 69.0 Å². The third kappa shape index (κ3) is 6.05. The van der Waals surface area contributed by atoms with Gasteiger partial charge in [0, 0.05) is 11.6 Å². The van der Waals surface area contributed by atoms with E-state index in [0.29, 0.717) is 24.1 Å². The lowest BCUT2D eigenvalue weighted by atomic mass is 9.95. The van der Waals surface area contributed by atoms with E-state index in [2.05, 4.69) is 68.6 Å². The van der Waals surface area contributed by atoms with Crippen LogP contribution in [0.25, 0.3) is 22.5 Å². The molecule has 0 atom stereocenters. The predicted octanol–water partition coefficient (Wildman–Crippen LogP) is 7.25. The molecule has 1 amide bonds. The molecule has 0 spiro atoms. The van der Waals surface area contributed by atoms with Gasteiger partial charge in [-0.2, -0.15) is 0 Å². The van der Waals surface area contributed by atoms with Crippen molar-refractivity contribution in [1.82, 2.24) is 14.8 Å². The summed E-state index contributed by atoms with van der Waals surface area (Å²) >= 11 is 1.44. The molecule has 190 valence electrons. The quantitative estimate of drug-likeness (QED) is 0.239. The lowest BCUT2D eigenvalue weighted by molar-refractivity contribution is -0.113. The Bertz CT molecular complexity index is 1320. The summed E-state index contributed by atoms with van der Waals surface area (Å²) in [6.45, 7) is 2.47. The van der Waals surface area contributed by atoms with Crippen LogP contribution in [-0.2, 0) is 4.79 Å². The van der Waals surface area contributed by atoms with Crippen LogP contribution in [-0.4, -0.2) is 33.0 Å². The zero-order chi connectivity index (χ0) is 25.5. The minimum atomic E-state index is -0.0934. The second-order valence-electron chi connectivity index (χ2n) is 9.18. The van der Waals surface area contributed by atoms with E-state index in [1.165, 1.54) is 42.2 Å². The number of thioether (sulfide) groups is 1. The molecule has 0 bridgehead atoms. The zero-order valence-corrected chi connectivity index (χ0v) is 21.9. The third-order valence-corrected chi connectivity index (χ3v) is 7.59. The first-order valence-corrected chi connectivity index (χ1v) is 14.0. The summed E-state index contributed by atoms with van der Waals surface area (Å²) in [5.74, 6) is 1.70. The normalized spacial score (nSPS) is 13.9. The summed E-state index contributed by atoms with van der Waals surface area (Å²) in [5.41, 5.74) is 4.09. The minimum absolute atomic E-state index is 0.0934. The lowest BCUT2D eigenvalue weighted by Crippen LogP contribution is -2.17. The van der Waals surface area contributed by atoms with E-state index >= 15 is 0 Å². The highest BCUT2D eigenvalue weighted by atomic mass is 32.2. The van der Waals surface area contributed by atoms with Crippen LogP contribution in [0.2, 0.25) is 0 Å². The fourth-order valence-corrected chi connectivity index (χ4v) is 5.66. The van der Waals surface area contributed by atoms with Crippen molar-refractivity contribution in [3.63, 3.8) is 0 Å².